The highest BCUT2D eigenvalue weighted by molar-refractivity contribution is 6.30. The molecule has 0 aliphatic carbocycles. The molecule has 2 aromatic rings. The van der Waals surface area contributed by atoms with Gasteiger partial charge in [-0.05, 0) is 36.8 Å². The fraction of sp³-hybridized carbons (Fsp3) is 0.118. The van der Waals surface area contributed by atoms with E-state index in [1.807, 2.05) is 19.1 Å². The molecule has 1 N–H and O–H groups in total. The highest BCUT2D eigenvalue weighted by Crippen LogP contribution is 2.16. The molecular weight excluding hydrogens is 289 g/mol. The molecule has 0 aromatic heterocycles. The van der Waals surface area contributed by atoms with Gasteiger partial charge in [0.15, 0.2) is 0 Å². The maximum absolute atomic E-state index is 13.4. The quantitative estimate of drug-likeness (QED) is 0.835. The molecule has 1 atom stereocenters. The van der Waals surface area contributed by atoms with Crippen molar-refractivity contribution in [3.63, 3.8) is 0 Å². The van der Waals surface area contributed by atoms with Crippen molar-refractivity contribution in [1.29, 1.82) is 0 Å². The lowest BCUT2D eigenvalue weighted by Crippen LogP contribution is -2.24. The molecule has 108 valence electrons. The Balaban J connectivity index is 1.98. The number of carbonyl (C=O) groups excluding carboxylic acids is 1. The van der Waals surface area contributed by atoms with Gasteiger partial charge in [0.25, 0.3) is 0 Å². The van der Waals surface area contributed by atoms with Gasteiger partial charge in [0.05, 0.1) is 6.04 Å². The van der Waals surface area contributed by atoms with Crippen molar-refractivity contribution >= 4 is 23.6 Å². The summed E-state index contributed by atoms with van der Waals surface area (Å²) < 4.78 is 13.4. The van der Waals surface area contributed by atoms with E-state index >= 15 is 0 Å². The Morgan fingerprint density at radius 2 is 1.86 bits per heavy atom. The minimum Gasteiger partial charge on any atom is -0.346 e. The van der Waals surface area contributed by atoms with E-state index in [9.17, 15) is 9.18 Å². The molecule has 0 bridgehead atoms. The molecule has 1 amide bonds. The lowest BCUT2D eigenvalue weighted by Gasteiger charge is -2.12. The van der Waals surface area contributed by atoms with Crippen LogP contribution in [0.3, 0.4) is 0 Å². The first-order valence-electron chi connectivity index (χ1n) is 6.55. The van der Waals surface area contributed by atoms with E-state index < -0.39 is 0 Å². The molecule has 0 radical (unpaired) electrons. The number of hydrogen-bond acceptors (Lipinski definition) is 1. The molecular formula is C17H15ClFNO. The summed E-state index contributed by atoms with van der Waals surface area (Å²) in [7, 11) is 0. The molecule has 2 aromatic carbocycles. The molecule has 4 heteroatoms. The highest BCUT2D eigenvalue weighted by atomic mass is 35.5. The third-order valence-corrected chi connectivity index (χ3v) is 3.30. The zero-order valence-corrected chi connectivity index (χ0v) is 12.3. The summed E-state index contributed by atoms with van der Waals surface area (Å²) in [6, 6.07) is 13.4. The summed E-state index contributed by atoms with van der Waals surface area (Å²) >= 11 is 5.82. The summed E-state index contributed by atoms with van der Waals surface area (Å²) in [6.45, 7) is 1.87. The van der Waals surface area contributed by atoms with Crippen LogP contribution in [0, 0.1) is 5.82 Å². The van der Waals surface area contributed by atoms with Gasteiger partial charge in [-0.3, -0.25) is 4.79 Å². The van der Waals surface area contributed by atoms with Gasteiger partial charge < -0.3 is 5.32 Å². The second kappa shape index (κ2) is 7.04. The van der Waals surface area contributed by atoms with Crippen molar-refractivity contribution in [3.8, 4) is 0 Å². The number of rotatable bonds is 4. The minimum absolute atomic E-state index is 0.153. The molecule has 0 fully saturated rings. The Morgan fingerprint density at radius 1 is 1.19 bits per heavy atom. The third kappa shape index (κ3) is 4.43. The number of amides is 1. The Hall–Kier alpha value is -2.13. The van der Waals surface area contributed by atoms with E-state index in [4.69, 9.17) is 11.6 Å². The molecule has 0 heterocycles. The van der Waals surface area contributed by atoms with Gasteiger partial charge in [0, 0.05) is 16.7 Å². The number of benzene rings is 2. The summed E-state index contributed by atoms with van der Waals surface area (Å²) in [4.78, 5) is 11.8. The summed E-state index contributed by atoms with van der Waals surface area (Å²) in [5, 5.41) is 3.46. The molecule has 0 aliphatic rings. The molecule has 0 aliphatic heterocycles. The maximum atomic E-state index is 13.4. The van der Waals surface area contributed by atoms with Crippen molar-refractivity contribution in [2.75, 3.05) is 0 Å². The van der Waals surface area contributed by atoms with Crippen LogP contribution in [0.4, 0.5) is 4.39 Å². The maximum Gasteiger partial charge on any atom is 0.244 e. The largest absolute Gasteiger partial charge is 0.346 e. The van der Waals surface area contributed by atoms with E-state index in [-0.39, 0.29) is 17.8 Å². The van der Waals surface area contributed by atoms with Gasteiger partial charge in [-0.15, -0.1) is 0 Å². The van der Waals surface area contributed by atoms with Crippen molar-refractivity contribution < 1.29 is 9.18 Å². The van der Waals surface area contributed by atoms with Crippen molar-refractivity contribution in [1.82, 2.24) is 5.32 Å². The predicted molar refractivity (Wildman–Crippen MR) is 83.4 cm³/mol. The smallest absolute Gasteiger partial charge is 0.244 e. The second-order valence-corrected chi connectivity index (χ2v) is 5.07. The zero-order valence-electron chi connectivity index (χ0n) is 11.5. The Morgan fingerprint density at radius 3 is 2.52 bits per heavy atom. The van der Waals surface area contributed by atoms with Crippen LogP contribution in [-0.4, -0.2) is 5.91 Å². The molecule has 2 nitrogen and oxygen atoms in total. The Kier molecular flexibility index (Phi) is 5.12. The minimum atomic E-state index is -0.354. The molecule has 0 unspecified atom stereocenters. The lowest BCUT2D eigenvalue weighted by molar-refractivity contribution is -0.117. The first kappa shape index (κ1) is 15.3. The highest BCUT2D eigenvalue weighted by Gasteiger charge is 2.07. The zero-order chi connectivity index (χ0) is 15.2. The summed E-state index contributed by atoms with van der Waals surface area (Å²) in [5.74, 6) is -0.631. The van der Waals surface area contributed by atoms with Crippen molar-refractivity contribution in [3.05, 3.63) is 76.6 Å². The summed E-state index contributed by atoms with van der Waals surface area (Å²) in [6.07, 6.45) is 2.78. The van der Waals surface area contributed by atoms with Crippen LogP contribution in [-0.2, 0) is 4.79 Å². The Labute approximate surface area is 128 Å². The van der Waals surface area contributed by atoms with E-state index in [1.54, 1.807) is 30.3 Å². The number of hydrogen-bond donors (Lipinski definition) is 1. The molecule has 21 heavy (non-hydrogen) atoms. The average molecular weight is 304 g/mol. The van der Waals surface area contributed by atoms with E-state index in [1.165, 1.54) is 18.2 Å². The predicted octanol–water partition coefficient (Wildman–Crippen LogP) is 4.37. The van der Waals surface area contributed by atoms with E-state index in [2.05, 4.69) is 5.32 Å². The number of halogens is 2. The number of carbonyl (C=O) groups is 1. The van der Waals surface area contributed by atoms with Gasteiger partial charge in [0.1, 0.15) is 5.82 Å². The Bertz CT molecular complexity index is 652. The van der Waals surface area contributed by atoms with Crippen LogP contribution in [0.5, 0.6) is 0 Å². The van der Waals surface area contributed by atoms with Crippen molar-refractivity contribution in [2.45, 2.75) is 13.0 Å². The SMILES string of the molecule is C[C@H](NC(=O)/C=C/c1ccccc1F)c1ccc(Cl)cc1. The third-order valence-electron chi connectivity index (χ3n) is 3.05. The monoisotopic (exact) mass is 303 g/mol. The molecule has 0 saturated carbocycles. The van der Waals surface area contributed by atoms with Gasteiger partial charge in [-0.25, -0.2) is 4.39 Å². The topological polar surface area (TPSA) is 29.1 Å². The van der Waals surface area contributed by atoms with Crippen LogP contribution in [0.2, 0.25) is 5.02 Å². The van der Waals surface area contributed by atoms with Gasteiger partial charge in [0.2, 0.25) is 5.91 Å². The lowest BCUT2D eigenvalue weighted by atomic mass is 10.1. The normalized spacial score (nSPS) is 12.3. The van der Waals surface area contributed by atoms with Crippen molar-refractivity contribution in [2.24, 2.45) is 0 Å². The van der Waals surface area contributed by atoms with Gasteiger partial charge in [-0.2, -0.15) is 0 Å². The first-order valence-corrected chi connectivity index (χ1v) is 6.92. The van der Waals surface area contributed by atoms with Gasteiger partial charge >= 0.3 is 0 Å². The van der Waals surface area contributed by atoms with Gasteiger partial charge in [-0.1, -0.05) is 41.9 Å². The van der Waals surface area contributed by atoms with E-state index in [0.29, 0.717) is 10.6 Å². The van der Waals surface area contributed by atoms with Crippen LogP contribution in [0.25, 0.3) is 6.08 Å². The average Bonchev–Trinajstić information content (AvgIpc) is 2.47. The first-order chi connectivity index (χ1) is 10.1. The fourth-order valence-corrected chi connectivity index (χ4v) is 2.00. The number of nitrogens with one attached hydrogen (secondary N) is 1. The summed E-state index contributed by atoms with van der Waals surface area (Å²) in [5.41, 5.74) is 1.33. The molecule has 0 saturated heterocycles. The molecule has 0 spiro atoms. The fourth-order valence-electron chi connectivity index (χ4n) is 1.87. The van der Waals surface area contributed by atoms with Crippen LogP contribution in [0.15, 0.2) is 54.6 Å². The van der Waals surface area contributed by atoms with Crippen LogP contribution < -0.4 is 5.32 Å². The van der Waals surface area contributed by atoms with Crippen LogP contribution >= 0.6 is 11.6 Å². The van der Waals surface area contributed by atoms with Crippen LogP contribution in [0.1, 0.15) is 24.1 Å². The molecule has 2 rings (SSSR count). The van der Waals surface area contributed by atoms with E-state index in [0.717, 1.165) is 5.56 Å². The standard InChI is InChI=1S/C17H15ClFNO/c1-12(13-6-9-15(18)10-7-13)20-17(21)11-8-14-4-2-3-5-16(14)19/h2-12H,1H3,(H,20,21)/b11-8+/t12-/m0/s1. The second-order valence-electron chi connectivity index (χ2n) is 4.64.